The fourth-order valence-electron chi connectivity index (χ4n) is 1.16. The van der Waals surface area contributed by atoms with Crippen molar-refractivity contribution in [3.05, 3.63) is 30.1 Å². The first-order chi connectivity index (χ1) is 9.13. The minimum Gasteiger partial charge on any atom is -0.342 e. The van der Waals surface area contributed by atoms with Gasteiger partial charge in [0.1, 0.15) is 5.82 Å². The number of rotatable bonds is 4. The van der Waals surface area contributed by atoms with Crippen LogP contribution in [0.3, 0.4) is 0 Å². The molecule has 0 radical (unpaired) electrons. The van der Waals surface area contributed by atoms with Crippen LogP contribution in [0.4, 0.5) is 0 Å². The lowest BCUT2D eigenvalue weighted by atomic mass is 10.3. The zero-order valence-electron chi connectivity index (χ0n) is 13.8. The van der Waals surface area contributed by atoms with E-state index in [2.05, 4.69) is 15.3 Å². The van der Waals surface area contributed by atoms with E-state index in [0.717, 1.165) is 0 Å². The monoisotopic (exact) mass is 195 g/mol. The van der Waals surface area contributed by atoms with Crippen molar-refractivity contribution in [3.8, 4) is 0 Å². The molecule has 0 unspecified atom stereocenters. The lowest BCUT2D eigenvalue weighted by Crippen LogP contribution is -2.08. The highest BCUT2D eigenvalue weighted by molar-refractivity contribution is 5.74. The standard InChI is InChI=1S/C11H15N3/c1-12-8-4-7-11-13-9-5-2-3-6-10(9)14-11/h2-3,5-6,12H,4,7-8H2,1H3,(H,13,14)/i4D2,7D2,8D2. The molecule has 0 saturated heterocycles. The minimum absolute atomic E-state index is 0.233. The van der Waals surface area contributed by atoms with Crippen molar-refractivity contribution in [1.82, 2.24) is 15.3 Å². The van der Waals surface area contributed by atoms with Crippen LogP contribution in [0.25, 0.3) is 11.0 Å². The molecule has 74 valence electrons. The Hall–Kier alpha value is -1.35. The van der Waals surface area contributed by atoms with Crippen LogP contribution in [-0.4, -0.2) is 23.5 Å². The summed E-state index contributed by atoms with van der Waals surface area (Å²) in [5.41, 5.74) is 1.08. The summed E-state index contributed by atoms with van der Waals surface area (Å²) in [7, 11) is 1.24. The van der Waals surface area contributed by atoms with Gasteiger partial charge >= 0.3 is 0 Å². The van der Waals surface area contributed by atoms with E-state index in [4.69, 9.17) is 8.22 Å². The number of aryl methyl sites for hydroxylation is 1. The third kappa shape index (κ3) is 1.93. The Labute approximate surface area is 92.0 Å². The summed E-state index contributed by atoms with van der Waals surface area (Å²) >= 11 is 0. The Morgan fingerprint density at radius 3 is 3.14 bits per heavy atom. The first-order valence-electron chi connectivity index (χ1n) is 7.27. The molecule has 2 aromatic rings. The molecular formula is C11H15N3. The number of aromatic amines is 1. The van der Waals surface area contributed by atoms with E-state index >= 15 is 0 Å². The molecular weight excluding hydrogens is 174 g/mol. The third-order valence-electron chi connectivity index (χ3n) is 1.76. The average Bonchev–Trinajstić information content (AvgIpc) is 2.82. The number of fused-ring (bicyclic) bond motifs is 1. The maximum Gasteiger partial charge on any atom is 0.107 e. The van der Waals surface area contributed by atoms with Gasteiger partial charge in [-0.15, -0.1) is 0 Å². The molecule has 0 aliphatic carbocycles. The van der Waals surface area contributed by atoms with Gasteiger partial charge in [-0.2, -0.15) is 0 Å². The molecule has 2 rings (SSSR count). The van der Waals surface area contributed by atoms with Gasteiger partial charge in [0.25, 0.3) is 0 Å². The summed E-state index contributed by atoms with van der Waals surface area (Å²) in [6, 6.07) is 6.86. The highest BCUT2D eigenvalue weighted by Gasteiger charge is 2.00. The molecule has 0 spiro atoms. The van der Waals surface area contributed by atoms with Crippen molar-refractivity contribution in [1.29, 1.82) is 0 Å². The predicted molar refractivity (Wildman–Crippen MR) is 58.3 cm³/mol. The van der Waals surface area contributed by atoms with E-state index in [1.807, 2.05) is 0 Å². The maximum absolute atomic E-state index is 7.98. The van der Waals surface area contributed by atoms with Gasteiger partial charge < -0.3 is 10.3 Å². The van der Waals surface area contributed by atoms with Crippen molar-refractivity contribution < 1.29 is 8.22 Å². The van der Waals surface area contributed by atoms with Gasteiger partial charge in [0.2, 0.25) is 0 Å². The van der Waals surface area contributed by atoms with Crippen molar-refractivity contribution in [2.24, 2.45) is 0 Å². The molecule has 1 aromatic carbocycles. The van der Waals surface area contributed by atoms with Gasteiger partial charge in [-0.25, -0.2) is 4.98 Å². The largest absolute Gasteiger partial charge is 0.342 e. The smallest absolute Gasteiger partial charge is 0.107 e. The van der Waals surface area contributed by atoms with Gasteiger partial charge in [-0.05, 0) is 32.1 Å². The SMILES string of the molecule is [2H]C([2H])(NC)C([2H])([2H])C([2H])([2H])c1nc2ccccc2[nH]1. The van der Waals surface area contributed by atoms with Gasteiger partial charge in [0.15, 0.2) is 0 Å². The highest BCUT2D eigenvalue weighted by Crippen LogP contribution is 2.10. The number of imidazole rings is 1. The minimum atomic E-state index is -2.82. The van der Waals surface area contributed by atoms with E-state index in [0.29, 0.717) is 11.0 Å². The topological polar surface area (TPSA) is 40.7 Å². The van der Waals surface area contributed by atoms with Crippen molar-refractivity contribution in [3.63, 3.8) is 0 Å². The van der Waals surface area contributed by atoms with Crippen LogP contribution in [0.5, 0.6) is 0 Å². The van der Waals surface area contributed by atoms with Gasteiger partial charge in [-0.1, -0.05) is 12.1 Å². The lowest BCUT2D eigenvalue weighted by Gasteiger charge is -1.95. The summed E-state index contributed by atoms with van der Waals surface area (Å²) in [4.78, 5) is 6.75. The molecule has 3 nitrogen and oxygen atoms in total. The number of hydrogen-bond donors (Lipinski definition) is 2. The Morgan fingerprint density at radius 1 is 1.50 bits per heavy atom. The third-order valence-corrected chi connectivity index (χ3v) is 1.76. The number of nitrogens with zero attached hydrogens (tertiary/aromatic N) is 1. The second-order valence-electron chi connectivity index (χ2n) is 2.73. The molecule has 2 N–H and O–H groups in total. The highest BCUT2D eigenvalue weighted by atomic mass is 14.9. The normalized spacial score (nSPS) is 20.4. The number of hydrogen-bond acceptors (Lipinski definition) is 2. The fraction of sp³-hybridized carbons (Fsp3) is 0.364. The molecule has 1 aromatic heterocycles. The average molecular weight is 195 g/mol. The number of aromatic nitrogens is 2. The van der Waals surface area contributed by atoms with Crippen LogP contribution >= 0.6 is 0 Å². The van der Waals surface area contributed by atoms with Crippen molar-refractivity contribution in [2.45, 2.75) is 12.7 Å². The van der Waals surface area contributed by atoms with Gasteiger partial charge in [0.05, 0.1) is 11.0 Å². The summed E-state index contributed by atoms with van der Waals surface area (Å²) in [5, 5.41) is 2.17. The van der Waals surface area contributed by atoms with Crippen LogP contribution in [0, 0.1) is 0 Å². The van der Waals surface area contributed by atoms with E-state index < -0.39 is 19.2 Å². The molecule has 14 heavy (non-hydrogen) atoms. The first-order valence-corrected chi connectivity index (χ1v) is 4.27. The molecule has 0 saturated carbocycles. The van der Waals surface area contributed by atoms with E-state index in [1.54, 1.807) is 24.3 Å². The predicted octanol–water partition coefficient (Wildman–Crippen LogP) is 1.71. The van der Waals surface area contributed by atoms with Crippen molar-refractivity contribution >= 4 is 11.0 Å². The second-order valence-corrected chi connectivity index (χ2v) is 2.73. The number of para-hydroxylation sites is 2. The van der Waals surface area contributed by atoms with E-state index in [1.165, 1.54) is 7.05 Å². The Morgan fingerprint density at radius 2 is 2.36 bits per heavy atom. The maximum atomic E-state index is 7.98. The Bertz CT molecular complexity index is 588. The number of nitrogens with one attached hydrogen (secondary N) is 2. The number of H-pyrrole nitrogens is 1. The van der Waals surface area contributed by atoms with E-state index in [-0.39, 0.29) is 5.82 Å². The molecule has 0 amide bonds. The molecule has 0 fully saturated rings. The van der Waals surface area contributed by atoms with E-state index in [9.17, 15) is 0 Å². The summed E-state index contributed by atoms with van der Waals surface area (Å²) in [5.74, 6) is -0.233. The zero-order chi connectivity index (χ0) is 15.2. The fourth-order valence-corrected chi connectivity index (χ4v) is 1.16. The van der Waals surface area contributed by atoms with Crippen LogP contribution in [0.15, 0.2) is 24.3 Å². The van der Waals surface area contributed by atoms with Crippen LogP contribution in [0.1, 0.15) is 20.4 Å². The lowest BCUT2D eigenvalue weighted by molar-refractivity contribution is 0.709. The first kappa shape index (κ1) is 4.45. The van der Waals surface area contributed by atoms with Crippen LogP contribution in [0.2, 0.25) is 0 Å². The van der Waals surface area contributed by atoms with Crippen molar-refractivity contribution in [2.75, 3.05) is 13.5 Å². The zero-order valence-corrected chi connectivity index (χ0v) is 7.76. The van der Waals surface area contributed by atoms with Crippen LogP contribution in [-0.2, 0) is 6.37 Å². The molecule has 0 aliphatic heterocycles. The Kier molecular flexibility index (Phi) is 1.35. The molecule has 0 bridgehead atoms. The summed E-state index contributed by atoms with van der Waals surface area (Å²) in [6.07, 6.45) is -5.44. The quantitative estimate of drug-likeness (QED) is 0.780. The molecule has 3 heteroatoms. The summed E-state index contributed by atoms with van der Waals surface area (Å²) in [6.45, 7) is -2.55. The summed E-state index contributed by atoms with van der Waals surface area (Å²) < 4.78 is 46.9. The molecule has 0 atom stereocenters. The number of benzene rings is 1. The Balaban J connectivity index is 2.53. The van der Waals surface area contributed by atoms with Crippen LogP contribution < -0.4 is 5.32 Å². The second kappa shape index (κ2) is 4.24. The molecule has 0 aliphatic rings. The molecule has 1 heterocycles. The van der Waals surface area contributed by atoms with Gasteiger partial charge in [0, 0.05) is 14.6 Å². The van der Waals surface area contributed by atoms with Gasteiger partial charge in [-0.3, -0.25) is 0 Å².